The molecule has 6 heteroatoms. The molecule has 0 atom stereocenters. The van der Waals surface area contributed by atoms with Gasteiger partial charge in [0.2, 0.25) is 5.91 Å². The van der Waals surface area contributed by atoms with Gasteiger partial charge in [-0.3, -0.25) is 9.59 Å². The van der Waals surface area contributed by atoms with Crippen LogP contribution < -0.4 is 10.9 Å². The maximum Gasteiger partial charge on any atom is 0.254 e. The van der Waals surface area contributed by atoms with Crippen molar-refractivity contribution in [3.8, 4) is 0 Å². The highest BCUT2D eigenvalue weighted by molar-refractivity contribution is 7.99. The third-order valence-electron chi connectivity index (χ3n) is 3.81. The molecule has 0 bridgehead atoms. The number of carbonyl (C=O) groups is 1. The van der Waals surface area contributed by atoms with E-state index in [1.165, 1.54) is 0 Å². The van der Waals surface area contributed by atoms with Gasteiger partial charge in [-0.25, -0.2) is 4.98 Å². The summed E-state index contributed by atoms with van der Waals surface area (Å²) in [4.78, 5) is 33.5. The van der Waals surface area contributed by atoms with Crippen molar-refractivity contribution in [3.63, 3.8) is 0 Å². The Morgan fingerprint density at radius 1 is 1.08 bits per heavy atom. The molecule has 0 unspecified atom stereocenters. The summed E-state index contributed by atoms with van der Waals surface area (Å²) in [6.45, 7) is 3.46. The second kappa shape index (κ2) is 8.01. The van der Waals surface area contributed by atoms with Crippen LogP contribution in [0.25, 0.3) is 0 Å². The Morgan fingerprint density at radius 2 is 1.77 bits per heavy atom. The lowest BCUT2D eigenvalue weighted by atomic mass is 10.1. The fourth-order valence-corrected chi connectivity index (χ4v) is 3.51. The first-order chi connectivity index (χ1) is 12.5. The number of H-pyrrole nitrogens is 1. The highest BCUT2D eigenvalue weighted by Gasteiger charge is 2.13. The summed E-state index contributed by atoms with van der Waals surface area (Å²) in [5, 5.41) is 2.91. The molecule has 1 heterocycles. The number of hydrogen-bond acceptors (Lipinski definition) is 4. The van der Waals surface area contributed by atoms with Crippen LogP contribution in [0.4, 0.5) is 5.69 Å². The molecule has 0 aliphatic heterocycles. The van der Waals surface area contributed by atoms with Crippen molar-refractivity contribution in [3.05, 3.63) is 82.0 Å². The van der Waals surface area contributed by atoms with Gasteiger partial charge in [-0.15, -0.1) is 0 Å². The van der Waals surface area contributed by atoms with Crippen LogP contribution in [0.1, 0.15) is 17.1 Å². The molecule has 1 aromatic heterocycles. The number of rotatable bonds is 5. The third-order valence-corrected chi connectivity index (χ3v) is 4.89. The van der Waals surface area contributed by atoms with Crippen LogP contribution in [0, 0.1) is 13.8 Å². The molecule has 132 valence electrons. The zero-order valence-electron chi connectivity index (χ0n) is 14.6. The average molecular weight is 365 g/mol. The van der Waals surface area contributed by atoms with Crippen molar-refractivity contribution in [1.82, 2.24) is 9.97 Å². The lowest BCUT2D eigenvalue weighted by Gasteiger charge is -2.11. The molecule has 0 saturated heterocycles. The smallest absolute Gasteiger partial charge is 0.254 e. The maximum atomic E-state index is 12.5. The summed E-state index contributed by atoms with van der Waals surface area (Å²) < 4.78 is 0. The van der Waals surface area contributed by atoms with Crippen molar-refractivity contribution in [2.24, 2.45) is 0 Å². The number of benzene rings is 2. The second-order valence-electron chi connectivity index (χ2n) is 5.85. The zero-order chi connectivity index (χ0) is 18.5. The van der Waals surface area contributed by atoms with E-state index in [1.807, 2.05) is 54.6 Å². The minimum Gasteiger partial charge on any atom is -0.325 e. The van der Waals surface area contributed by atoms with Crippen LogP contribution in [0.15, 0.2) is 69.2 Å². The van der Waals surface area contributed by atoms with E-state index in [9.17, 15) is 9.59 Å². The quantitative estimate of drug-likeness (QED) is 0.723. The topological polar surface area (TPSA) is 74.8 Å². The maximum absolute atomic E-state index is 12.5. The first-order valence-electron chi connectivity index (χ1n) is 8.21. The molecule has 1 amide bonds. The van der Waals surface area contributed by atoms with Crippen molar-refractivity contribution in [1.29, 1.82) is 0 Å². The Kier molecular flexibility index (Phi) is 5.53. The van der Waals surface area contributed by atoms with Gasteiger partial charge in [0.05, 0.1) is 12.1 Å². The number of nitrogens with zero attached hydrogens (tertiary/aromatic N) is 1. The minimum absolute atomic E-state index is 0.0151. The van der Waals surface area contributed by atoms with Gasteiger partial charge in [0.1, 0.15) is 5.82 Å². The number of nitrogens with one attached hydrogen (secondary N) is 2. The van der Waals surface area contributed by atoms with E-state index in [0.717, 1.165) is 15.5 Å². The lowest BCUT2D eigenvalue weighted by Crippen LogP contribution is -2.24. The number of hydrogen-bond donors (Lipinski definition) is 2. The molecule has 0 spiro atoms. The number of carbonyl (C=O) groups excluding carboxylic acids is 1. The first kappa shape index (κ1) is 17.9. The average Bonchev–Trinajstić information content (AvgIpc) is 2.61. The molecule has 0 aliphatic carbocycles. The Hall–Kier alpha value is -2.86. The van der Waals surface area contributed by atoms with Crippen molar-refractivity contribution in [2.45, 2.75) is 30.1 Å². The van der Waals surface area contributed by atoms with E-state index < -0.39 is 0 Å². The van der Waals surface area contributed by atoms with E-state index in [4.69, 9.17) is 0 Å². The molecule has 0 aliphatic rings. The molecule has 3 rings (SSSR count). The van der Waals surface area contributed by atoms with Crippen LogP contribution in [0.2, 0.25) is 0 Å². The normalized spacial score (nSPS) is 10.5. The van der Waals surface area contributed by atoms with Gasteiger partial charge in [-0.2, -0.15) is 0 Å². The number of aromatic amines is 1. The SMILES string of the molecule is Cc1nc(C)c(CC(=O)Nc2ccccc2Sc2ccccc2)c(=O)[nH]1. The molecular formula is C20H19N3O2S. The molecular weight excluding hydrogens is 346 g/mol. The van der Waals surface area contributed by atoms with Gasteiger partial charge in [0.15, 0.2) is 0 Å². The highest BCUT2D eigenvalue weighted by Crippen LogP contribution is 2.33. The number of aromatic nitrogens is 2. The number of para-hydroxylation sites is 1. The van der Waals surface area contributed by atoms with E-state index in [0.29, 0.717) is 17.1 Å². The van der Waals surface area contributed by atoms with Gasteiger partial charge in [-0.05, 0) is 38.1 Å². The molecule has 0 saturated carbocycles. The number of anilines is 1. The van der Waals surface area contributed by atoms with Crippen LogP contribution in [-0.4, -0.2) is 15.9 Å². The third kappa shape index (κ3) is 4.40. The molecule has 2 aromatic carbocycles. The zero-order valence-corrected chi connectivity index (χ0v) is 15.4. The fraction of sp³-hybridized carbons (Fsp3) is 0.150. The van der Waals surface area contributed by atoms with Crippen LogP contribution in [0.5, 0.6) is 0 Å². The Labute approximate surface area is 155 Å². The minimum atomic E-state index is -0.267. The molecule has 0 radical (unpaired) electrons. The molecule has 2 N–H and O–H groups in total. The summed E-state index contributed by atoms with van der Waals surface area (Å²) in [6, 6.07) is 17.6. The van der Waals surface area contributed by atoms with Crippen LogP contribution in [0.3, 0.4) is 0 Å². The Balaban J connectivity index is 1.77. The Bertz CT molecular complexity index is 984. The van der Waals surface area contributed by atoms with Crippen molar-refractivity contribution >= 4 is 23.4 Å². The fourth-order valence-electron chi connectivity index (χ4n) is 2.59. The standard InChI is InChI=1S/C20H19N3O2S/c1-13-16(20(25)22-14(2)21-13)12-19(24)23-17-10-6-7-11-18(17)26-15-8-4-3-5-9-15/h3-11H,12H2,1-2H3,(H,23,24)(H,21,22,25). The molecule has 0 fully saturated rings. The van der Waals surface area contributed by atoms with E-state index in [2.05, 4.69) is 15.3 Å². The molecule has 26 heavy (non-hydrogen) atoms. The van der Waals surface area contributed by atoms with Crippen molar-refractivity contribution < 1.29 is 4.79 Å². The molecule has 5 nitrogen and oxygen atoms in total. The van der Waals surface area contributed by atoms with Gasteiger partial charge in [0.25, 0.3) is 5.56 Å². The van der Waals surface area contributed by atoms with E-state index in [1.54, 1.807) is 25.6 Å². The monoisotopic (exact) mass is 365 g/mol. The van der Waals surface area contributed by atoms with Gasteiger partial charge >= 0.3 is 0 Å². The van der Waals surface area contributed by atoms with Crippen LogP contribution >= 0.6 is 11.8 Å². The summed E-state index contributed by atoms with van der Waals surface area (Å²) in [6.07, 6.45) is -0.0151. The summed E-state index contributed by atoms with van der Waals surface area (Å²) in [5.41, 5.74) is 1.42. The summed E-state index contributed by atoms with van der Waals surface area (Å²) in [7, 11) is 0. The second-order valence-corrected chi connectivity index (χ2v) is 6.97. The van der Waals surface area contributed by atoms with E-state index in [-0.39, 0.29) is 17.9 Å². The summed E-state index contributed by atoms with van der Waals surface area (Å²) >= 11 is 1.58. The predicted molar refractivity (Wildman–Crippen MR) is 104 cm³/mol. The van der Waals surface area contributed by atoms with Gasteiger partial charge in [-0.1, -0.05) is 42.1 Å². The van der Waals surface area contributed by atoms with Crippen LogP contribution in [-0.2, 0) is 11.2 Å². The predicted octanol–water partition coefficient (Wildman–Crippen LogP) is 3.72. The van der Waals surface area contributed by atoms with Gasteiger partial charge in [0, 0.05) is 21.0 Å². The van der Waals surface area contributed by atoms with E-state index >= 15 is 0 Å². The Morgan fingerprint density at radius 3 is 2.50 bits per heavy atom. The number of aryl methyl sites for hydroxylation is 2. The largest absolute Gasteiger partial charge is 0.325 e. The number of amides is 1. The first-order valence-corrected chi connectivity index (χ1v) is 9.03. The summed E-state index contributed by atoms with van der Waals surface area (Å²) in [5.74, 6) is 0.298. The lowest BCUT2D eigenvalue weighted by molar-refractivity contribution is -0.115. The highest BCUT2D eigenvalue weighted by atomic mass is 32.2. The van der Waals surface area contributed by atoms with Crippen molar-refractivity contribution in [2.75, 3.05) is 5.32 Å². The molecule has 3 aromatic rings. The van der Waals surface area contributed by atoms with Gasteiger partial charge < -0.3 is 10.3 Å².